The lowest BCUT2D eigenvalue weighted by Gasteiger charge is -2.35. The molecule has 1 heterocycles. The summed E-state index contributed by atoms with van der Waals surface area (Å²) in [6, 6.07) is 26.5. The van der Waals surface area contributed by atoms with Crippen molar-refractivity contribution in [2.75, 3.05) is 39.8 Å². The molecule has 4 rings (SSSR count). The van der Waals surface area contributed by atoms with Crippen LogP contribution in [-0.4, -0.2) is 49.6 Å². The van der Waals surface area contributed by atoms with Crippen LogP contribution in [0.2, 0.25) is 5.02 Å². The van der Waals surface area contributed by atoms with Crippen molar-refractivity contribution in [2.24, 2.45) is 0 Å². The van der Waals surface area contributed by atoms with Gasteiger partial charge in [0.1, 0.15) is 6.10 Å². The first-order valence-electron chi connectivity index (χ1n) is 11.2. The number of para-hydroxylation sites is 2. The van der Waals surface area contributed by atoms with Crippen LogP contribution in [0.15, 0.2) is 78.9 Å². The molecule has 0 N–H and O–H groups in total. The van der Waals surface area contributed by atoms with Crippen molar-refractivity contribution in [3.63, 3.8) is 0 Å². The molecule has 1 aliphatic heterocycles. The predicted octanol–water partition coefficient (Wildman–Crippen LogP) is 5.68. The molecule has 0 radical (unpaired) electrons. The van der Waals surface area contributed by atoms with Gasteiger partial charge in [0.25, 0.3) is 0 Å². The van der Waals surface area contributed by atoms with E-state index in [9.17, 15) is 0 Å². The van der Waals surface area contributed by atoms with Crippen LogP contribution in [0.25, 0.3) is 0 Å². The number of piperazine rings is 1. The van der Waals surface area contributed by atoms with E-state index in [1.165, 1.54) is 5.56 Å². The number of nitrogens with zero attached hydrogens (tertiary/aromatic N) is 2. The zero-order valence-electron chi connectivity index (χ0n) is 18.6. The molecule has 0 bridgehead atoms. The van der Waals surface area contributed by atoms with Crippen molar-refractivity contribution in [1.29, 1.82) is 0 Å². The van der Waals surface area contributed by atoms with Gasteiger partial charge in [-0.2, -0.15) is 0 Å². The van der Waals surface area contributed by atoms with Gasteiger partial charge >= 0.3 is 0 Å². The number of hydrogen-bond acceptors (Lipinski definition) is 4. The Kier molecular flexibility index (Phi) is 8.05. The van der Waals surface area contributed by atoms with E-state index in [-0.39, 0.29) is 6.10 Å². The van der Waals surface area contributed by atoms with Gasteiger partial charge in [0.15, 0.2) is 11.5 Å². The van der Waals surface area contributed by atoms with Gasteiger partial charge in [0.2, 0.25) is 0 Å². The third kappa shape index (κ3) is 6.26. The van der Waals surface area contributed by atoms with Gasteiger partial charge in [-0.3, -0.25) is 4.90 Å². The van der Waals surface area contributed by atoms with E-state index in [0.29, 0.717) is 0 Å². The zero-order valence-corrected chi connectivity index (χ0v) is 19.4. The molecule has 32 heavy (non-hydrogen) atoms. The number of hydrogen-bond donors (Lipinski definition) is 0. The largest absolute Gasteiger partial charge is 0.493 e. The first-order valence-corrected chi connectivity index (χ1v) is 11.6. The molecule has 1 aliphatic rings. The molecule has 4 nitrogen and oxygen atoms in total. The van der Waals surface area contributed by atoms with Crippen molar-refractivity contribution in [3.8, 4) is 11.5 Å². The Hall–Kier alpha value is -2.53. The minimum atomic E-state index is -0.0904. The predicted molar refractivity (Wildman–Crippen MR) is 131 cm³/mol. The standard InChI is InChI=1S/C27H31ClN2O2/c1-31-26-12-5-6-13-27(26)32-25(23-10-7-11-24(28)20-23)14-15-29-16-18-30(19-17-29)21-22-8-3-2-4-9-22/h2-13,20,25H,14-19,21H2,1H3/t25-/m1/s1. The van der Waals surface area contributed by atoms with E-state index in [0.717, 1.165) is 67.8 Å². The number of benzene rings is 3. The van der Waals surface area contributed by atoms with Crippen molar-refractivity contribution in [3.05, 3.63) is 95.0 Å². The Morgan fingerprint density at radius 2 is 1.50 bits per heavy atom. The highest BCUT2D eigenvalue weighted by Gasteiger charge is 2.21. The molecule has 3 aromatic rings. The summed E-state index contributed by atoms with van der Waals surface area (Å²) in [6.07, 6.45) is 0.796. The maximum absolute atomic E-state index is 6.45. The average Bonchev–Trinajstić information content (AvgIpc) is 2.83. The molecule has 0 unspecified atom stereocenters. The van der Waals surface area contributed by atoms with Gasteiger partial charge in [-0.1, -0.05) is 66.2 Å². The quantitative estimate of drug-likeness (QED) is 0.419. The minimum Gasteiger partial charge on any atom is -0.493 e. The van der Waals surface area contributed by atoms with E-state index in [4.69, 9.17) is 21.1 Å². The Morgan fingerprint density at radius 1 is 0.812 bits per heavy atom. The molecule has 0 aromatic heterocycles. The Morgan fingerprint density at radius 3 is 2.22 bits per heavy atom. The summed E-state index contributed by atoms with van der Waals surface area (Å²) in [5.74, 6) is 1.50. The number of halogens is 1. The summed E-state index contributed by atoms with van der Waals surface area (Å²) in [4.78, 5) is 5.07. The van der Waals surface area contributed by atoms with Gasteiger partial charge in [0, 0.05) is 50.7 Å². The highest BCUT2D eigenvalue weighted by Crippen LogP contribution is 2.33. The summed E-state index contributed by atoms with van der Waals surface area (Å²) in [5.41, 5.74) is 2.47. The van der Waals surface area contributed by atoms with Crippen LogP contribution in [0.4, 0.5) is 0 Å². The Bertz CT molecular complexity index is 974. The fourth-order valence-corrected chi connectivity index (χ4v) is 4.38. The second-order valence-corrected chi connectivity index (χ2v) is 8.64. The molecule has 0 spiro atoms. The average molecular weight is 451 g/mol. The van der Waals surface area contributed by atoms with Gasteiger partial charge in [0.05, 0.1) is 7.11 Å². The SMILES string of the molecule is COc1ccccc1O[C@H](CCN1CCN(Cc2ccccc2)CC1)c1cccc(Cl)c1. The number of ether oxygens (including phenoxy) is 2. The highest BCUT2D eigenvalue weighted by atomic mass is 35.5. The lowest BCUT2D eigenvalue weighted by molar-refractivity contribution is 0.106. The van der Waals surface area contributed by atoms with Gasteiger partial charge < -0.3 is 14.4 Å². The molecule has 168 valence electrons. The van der Waals surface area contributed by atoms with Gasteiger partial charge in [-0.15, -0.1) is 0 Å². The van der Waals surface area contributed by atoms with Crippen LogP contribution in [0.3, 0.4) is 0 Å². The fourth-order valence-electron chi connectivity index (χ4n) is 4.18. The highest BCUT2D eigenvalue weighted by molar-refractivity contribution is 6.30. The normalized spacial score (nSPS) is 15.9. The molecular weight excluding hydrogens is 420 g/mol. The van der Waals surface area contributed by atoms with E-state index in [1.807, 2.05) is 42.5 Å². The maximum Gasteiger partial charge on any atom is 0.162 e. The monoisotopic (exact) mass is 450 g/mol. The second-order valence-electron chi connectivity index (χ2n) is 8.20. The van der Waals surface area contributed by atoms with Crippen molar-refractivity contribution in [1.82, 2.24) is 9.80 Å². The van der Waals surface area contributed by atoms with Gasteiger partial charge in [-0.25, -0.2) is 0 Å². The lowest BCUT2D eigenvalue weighted by Crippen LogP contribution is -2.46. The smallest absolute Gasteiger partial charge is 0.162 e. The molecule has 0 aliphatic carbocycles. The Balaban J connectivity index is 1.36. The van der Waals surface area contributed by atoms with E-state index >= 15 is 0 Å². The molecule has 3 aromatic carbocycles. The maximum atomic E-state index is 6.45. The third-order valence-corrected chi connectivity index (χ3v) is 6.22. The van der Waals surface area contributed by atoms with Crippen LogP contribution < -0.4 is 9.47 Å². The topological polar surface area (TPSA) is 24.9 Å². The summed E-state index contributed by atoms with van der Waals surface area (Å²) < 4.78 is 11.9. The van der Waals surface area contributed by atoms with E-state index < -0.39 is 0 Å². The van der Waals surface area contributed by atoms with Crippen molar-refractivity contribution < 1.29 is 9.47 Å². The first-order chi connectivity index (χ1) is 15.7. The summed E-state index contributed by atoms with van der Waals surface area (Å²) in [5, 5.41) is 0.727. The first kappa shape index (κ1) is 22.7. The van der Waals surface area contributed by atoms with Crippen molar-refractivity contribution in [2.45, 2.75) is 19.1 Å². The summed E-state index contributed by atoms with van der Waals surface area (Å²) in [7, 11) is 1.67. The van der Waals surface area contributed by atoms with Gasteiger partial charge in [-0.05, 0) is 35.4 Å². The molecule has 5 heteroatoms. The summed E-state index contributed by atoms with van der Waals surface area (Å²) >= 11 is 6.29. The molecule has 0 saturated carbocycles. The molecule has 1 saturated heterocycles. The molecule has 0 amide bonds. The van der Waals surface area contributed by atoms with Crippen molar-refractivity contribution >= 4 is 11.6 Å². The third-order valence-electron chi connectivity index (χ3n) is 5.98. The van der Waals surface area contributed by atoms with Crippen LogP contribution >= 0.6 is 11.6 Å². The van der Waals surface area contributed by atoms with E-state index in [2.05, 4.69) is 46.2 Å². The fraction of sp³-hybridized carbons (Fsp3) is 0.333. The molecular formula is C27H31ClN2O2. The second kappa shape index (κ2) is 11.4. The summed E-state index contributed by atoms with van der Waals surface area (Å²) in [6.45, 7) is 6.32. The minimum absolute atomic E-state index is 0.0904. The number of methoxy groups -OCH3 is 1. The lowest BCUT2D eigenvalue weighted by atomic mass is 10.1. The van der Waals surface area contributed by atoms with Crippen LogP contribution in [0.1, 0.15) is 23.7 Å². The van der Waals surface area contributed by atoms with Crippen LogP contribution in [-0.2, 0) is 6.54 Å². The zero-order chi connectivity index (χ0) is 22.2. The number of rotatable bonds is 9. The Labute approximate surface area is 196 Å². The molecule has 1 atom stereocenters. The van der Waals surface area contributed by atoms with E-state index in [1.54, 1.807) is 7.11 Å². The molecule has 1 fully saturated rings. The van der Waals surface area contributed by atoms with Crippen LogP contribution in [0.5, 0.6) is 11.5 Å². The van der Waals surface area contributed by atoms with Crippen LogP contribution in [0, 0.1) is 0 Å².